The first-order chi connectivity index (χ1) is 8.68. The van der Waals surface area contributed by atoms with Gasteiger partial charge in [-0.3, -0.25) is 0 Å². The van der Waals surface area contributed by atoms with Crippen LogP contribution in [0, 0.1) is 28.4 Å². The van der Waals surface area contributed by atoms with E-state index in [-0.39, 0.29) is 6.04 Å². The Hall–Kier alpha value is -0.960. The molecule has 2 rings (SSSR count). The molecule has 1 aliphatic rings. The molecule has 0 bridgehead atoms. The average molecular weight is 267 g/mol. The van der Waals surface area contributed by atoms with Gasteiger partial charge in [-0.25, -0.2) is 8.78 Å². The first-order valence-electron chi connectivity index (χ1n) is 6.86. The number of hydrogen-bond acceptors (Lipinski definition) is 1. The van der Waals surface area contributed by atoms with E-state index < -0.39 is 11.6 Å². The van der Waals surface area contributed by atoms with Crippen molar-refractivity contribution in [2.75, 3.05) is 6.54 Å². The lowest BCUT2D eigenvalue weighted by atomic mass is 10.0. The van der Waals surface area contributed by atoms with Crippen LogP contribution in [0.5, 0.6) is 0 Å². The second-order valence-corrected chi connectivity index (χ2v) is 6.80. The van der Waals surface area contributed by atoms with Crippen molar-refractivity contribution < 1.29 is 8.78 Å². The summed E-state index contributed by atoms with van der Waals surface area (Å²) in [6.45, 7) is 12.0. The highest BCUT2D eigenvalue weighted by Crippen LogP contribution is 2.68. The van der Waals surface area contributed by atoms with E-state index in [0.717, 1.165) is 12.1 Å². The van der Waals surface area contributed by atoms with Gasteiger partial charge in [0.2, 0.25) is 0 Å². The summed E-state index contributed by atoms with van der Waals surface area (Å²) in [6.07, 6.45) is 0. The van der Waals surface area contributed by atoms with Crippen LogP contribution in [0.1, 0.15) is 46.2 Å². The quantitative estimate of drug-likeness (QED) is 0.857. The van der Waals surface area contributed by atoms with Gasteiger partial charge in [-0.15, -0.1) is 0 Å². The van der Waals surface area contributed by atoms with Gasteiger partial charge in [0, 0.05) is 6.04 Å². The second-order valence-electron chi connectivity index (χ2n) is 6.80. The lowest BCUT2D eigenvalue weighted by Gasteiger charge is -2.15. The number of nitrogens with one attached hydrogen (secondary N) is 1. The predicted molar refractivity (Wildman–Crippen MR) is 73.8 cm³/mol. The molecular weight excluding hydrogens is 244 g/mol. The fourth-order valence-electron chi connectivity index (χ4n) is 3.04. The van der Waals surface area contributed by atoms with Crippen molar-refractivity contribution in [1.82, 2.24) is 5.32 Å². The minimum absolute atomic E-state index is 0.0299. The van der Waals surface area contributed by atoms with Crippen molar-refractivity contribution in [3.63, 3.8) is 0 Å². The van der Waals surface area contributed by atoms with Gasteiger partial charge >= 0.3 is 0 Å². The smallest absolute Gasteiger partial charge is 0.159 e. The van der Waals surface area contributed by atoms with Gasteiger partial charge in [-0.2, -0.15) is 0 Å². The van der Waals surface area contributed by atoms with E-state index in [4.69, 9.17) is 0 Å². The minimum atomic E-state index is -0.791. The van der Waals surface area contributed by atoms with E-state index in [2.05, 4.69) is 33.0 Å². The molecule has 1 saturated carbocycles. The van der Waals surface area contributed by atoms with Crippen molar-refractivity contribution in [2.45, 2.75) is 40.7 Å². The van der Waals surface area contributed by atoms with Crippen molar-refractivity contribution in [3.05, 3.63) is 35.4 Å². The zero-order valence-electron chi connectivity index (χ0n) is 12.3. The third-order valence-corrected chi connectivity index (χ3v) is 5.39. The Morgan fingerprint density at radius 2 is 1.68 bits per heavy atom. The van der Waals surface area contributed by atoms with Crippen LogP contribution in [0.3, 0.4) is 0 Å². The Labute approximate surface area is 114 Å². The van der Waals surface area contributed by atoms with E-state index in [0.29, 0.717) is 16.7 Å². The summed E-state index contributed by atoms with van der Waals surface area (Å²) >= 11 is 0. The standard InChI is InChI=1S/C16H23F2N/c1-10(11-6-7-12(17)13(18)8-11)19-9-14-15(2,3)16(14,4)5/h6-8,10,14,19H,9H2,1-5H3. The van der Waals surface area contributed by atoms with Gasteiger partial charge in [-0.05, 0) is 47.9 Å². The van der Waals surface area contributed by atoms with Crippen LogP contribution in [-0.2, 0) is 0 Å². The largest absolute Gasteiger partial charge is 0.310 e. The van der Waals surface area contributed by atoms with Gasteiger partial charge in [0.1, 0.15) is 0 Å². The molecule has 0 aliphatic heterocycles. The first-order valence-corrected chi connectivity index (χ1v) is 6.86. The van der Waals surface area contributed by atoms with Gasteiger partial charge in [0.05, 0.1) is 0 Å². The number of halogens is 2. The van der Waals surface area contributed by atoms with Crippen LogP contribution in [0.15, 0.2) is 18.2 Å². The fourth-order valence-corrected chi connectivity index (χ4v) is 3.04. The molecular formula is C16H23F2N. The molecule has 0 saturated heterocycles. The Kier molecular flexibility index (Phi) is 3.46. The van der Waals surface area contributed by atoms with Crippen LogP contribution >= 0.6 is 0 Å². The predicted octanol–water partition coefficient (Wildman–Crippen LogP) is 4.30. The monoisotopic (exact) mass is 267 g/mol. The lowest BCUT2D eigenvalue weighted by molar-refractivity contribution is 0.457. The van der Waals surface area contributed by atoms with Crippen molar-refractivity contribution in [3.8, 4) is 0 Å². The van der Waals surface area contributed by atoms with Crippen molar-refractivity contribution >= 4 is 0 Å². The molecule has 19 heavy (non-hydrogen) atoms. The number of benzene rings is 1. The van der Waals surface area contributed by atoms with Crippen LogP contribution in [0.2, 0.25) is 0 Å². The average Bonchev–Trinajstić information content (AvgIpc) is 2.70. The summed E-state index contributed by atoms with van der Waals surface area (Å²) in [5.41, 5.74) is 1.47. The third kappa shape index (κ3) is 2.40. The normalized spacial score (nSPS) is 22.3. The molecule has 1 nitrogen and oxygen atoms in total. The molecule has 106 valence electrons. The number of rotatable bonds is 4. The molecule has 1 atom stereocenters. The van der Waals surface area contributed by atoms with E-state index in [1.54, 1.807) is 6.07 Å². The molecule has 1 aromatic carbocycles. The SMILES string of the molecule is CC(NCC1C(C)(C)C1(C)C)c1ccc(F)c(F)c1. The number of hydrogen-bond donors (Lipinski definition) is 1. The van der Waals surface area contributed by atoms with Gasteiger partial charge in [0.15, 0.2) is 11.6 Å². The molecule has 0 aromatic heterocycles. The van der Waals surface area contributed by atoms with Crippen molar-refractivity contribution in [1.29, 1.82) is 0 Å². The summed E-state index contributed by atoms with van der Waals surface area (Å²) in [6, 6.07) is 4.13. The van der Waals surface area contributed by atoms with E-state index in [1.165, 1.54) is 12.1 Å². The fraction of sp³-hybridized carbons (Fsp3) is 0.625. The molecule has 1 aromatic rings. The Morgan fingerprint density at radius 3 is 2.16 bits per heavy atom. The summed E-state index contributed by atoms with van der Waals surface area (Å²) in [4.78, 5) is 0. The lowest BCUT2D eigenvalue weighted by Crippen LogP contribution is -2.23. The highest BCUT2D eigenvalue weighted by molar-refractivity contribution is 5.21. The van der Waals surface area contributed by atoms with Crippen LogP contribution in [-0.4, -0.2) is 6.54 Å². The third-order valence-electron chi connectivity index (χ3n) is 5.39. The van der Waals surface area contributed by atoms with Gasteiger partial charge in [-0.1, -0.05) is 33.8 Å². The van der Waals surface area contributed by atoms with E-state index in [9.17, 15) is 8.78 Å². The first kappa shape index (κ1) is 14.4. The molecule has 1 unspecified atom stereocenters. The van der Waals surface area contributed by atoms with Gasteiger partial charge < -0.3 is 5.32 Å². The summed E-state index contributed by atoms with van der Waals surface area (Å²) < 4.78 is 26.1. The Morgan fingerprint density at radius 1 is 1.11 bits per heavy atom. The van der Waals surface area contributed by atoms with Crippen LogP contribution in [0.25, 0.3) is 0 Å². The summed E-state index contributed by atoms with van der Waals surface area (Å²) in [5.74, 6) is -0.952. The maximum atomic E-state index is 13.2. The molecule has 1 aliphatic carbocycles. The highest BCUT2D eigenvalue weighted by atomic mass is 19.2. The molecule has 1 N–H and O–H groups in total. The molecule has 3 heteroatoms. The zero-order chi connectivity index (χ0) is 14.4. The van der Waals surface area contributed by atoms with Gasteiger partial charge in [0.25, 0.3) is 0 Å². The van der Waals surface area contributed by atoms with Crippen molar-refractivity contribution in [2.24, 2.45) is 16.7 Å². The molecule has 0 radical (unpaired) electrons. The summed E-state index contributed by atoms with van der Waals surface area (Å²) in [7, 11) is 0. The summed E-state index contributed by atoms with van der Waals surface area (Å²) in [5, 5.41) is 3.43. The molecule has 0 spiro atoms. The minimum Gasteiger partial charge on any atom is -0.310 e. The maximum Gasteiger partial charge on any atom is 0.159 e. The zero-order valence-corrected chi connectivity index (χ0v) is 12.3. The molecule has 0 heterocycles. The molecule has 1 fully saturated rings. The van der Waals surface area contributed by atoms with Crippen LogP contribution < -0.4 is 5.32 Å². The highest BCUT2D eigenvalue weighted by Gasteiger charge is 2.63. The Bertz CT molecular complexity index is 466. The topological polar surface area (TPSA) is 12.0 Å². The van der Waals surface area contributed by atoms with E-state index >= 15 is 0 Å². The Balaban J connectivity index is 1.96. The second kappa shape index (κ2) is 4.55. The van der Waals surface area contributed by atoms with E-state index in [1.807, 2.05) is 6.92 Å². The maximum absolute atomic E-state index is 13.2. The molecule has 0 amide bonds. The van der Waals surface area contributed by atoms with Crippen LogP contribution in [0.4, 0.5) is 8.78 Å².